The second-order valence-electron chi connectivity index (χ2n) is 5.36. The van der Waals surface area contributed by atoms with Crippen LogP contribution in [0.1, 0.15) is 6.42 Å². The van der Waals surface area contributed by atoms with E-state index in [1.165, 1.54) is 25.6 Å². The Morgan fingerprint density at radius 1 is 1.33 bits per heavy atom. The van der Waals surface area contributed by atoms with Crippen molar-refractivity contribution in [1.82, 2.24) is 9.78 Å². The number of halogens is 1. The van der Waals surface area contributed by atoms with Gasteiger partial charge in [-0.3, -0.25) is 4.79 Å². The summed E-state index contributed by atoms with van der Waals surface area (Å²) in [6.07, 6.45) is 0.0149. The maximum absolute atomic E-state index is 12.2. The Morgan fingerprint density at radius 3 is 2.74 bits per heavy atom. The first-order valence-electron chi connectivity index (χ1n) is 7.85. The van der Waals surface area contributed by atoms with Crippen LogP contribution in [0.25, 0.3) is 10.8 Å². The van der Waals surface area contributed by atoms with Gasteiger partial charge in [-0.1, -0.05) is 17.7 Å². The third-order valence-corrected chi connectivity index (χ3v) is 4.81. The molecule has 10 heteroatoms. The molecule has 0 saturated carbocycles. The largest absolute Gasteiger partial charge is 0.493 e. The van der Waals surface area contributed by atoms with Crippen LogP contribution >= 0.6 is 22.9 Å². The molecular weight excluding hydrogens is 394 g/mol. The van der Waals surface area contributed by atoms with Crippen LogP contribution in [0.2, 0.25) is 5.02 Å². The maximum atomic E-state index is 12.2. The van der Waals surface area contributed by atoms with Crippen molar-refractivity contribution < 1.29 is 18.7 Å². The number of carbonyl (C=O) groups is 1. The molecular formula is C17H16ClN3O5S. The van der Waals surface area contributed by atoms with Crippen LogP contribution in [0, 0.1) is 0 Å². The van der Waals surface area contributed by atoms with Gasteiger partial charge >= 0.3 is 5.76 Å². The second-order valence-corrected chi connectivity index (χ2v) is 6.71. The van der Waals surface area contributed by atoms with Crippen LogP contribution in [0.15, 0.2) is 38.9 Å². The molecule has 0 fully saturated rings. The van der Waals surface area contributed by atoms with Gasteiger partial charge in [0.15, 0.2) is 11.5 Å². The Bertz CT molecular complexity index is 997. The fraction of sp³-hybridized carbons (Fsp3) is 0.235. The molecule has 8 nitrogen and oxygen atoms in total. The van der Waals surface area contributed by atoms with Crippen molar-refractivity contribution in [1.29, 1.82) is 0 Å². The fourth-order valence-electron chi connectivity index (χ4n) is 2.32. The SMILES string of the molecule is COc1cc(Cl)c(NC(=O)CCn2nc(-c3cccs3)oc2=O)cc1OC. The smallest absolute Gasteiger partial charge is 0.437 e. The van der Waals surface area contributed by atoms with E-state index in [4.69, 9.17) is 25.5 Å². The number of ether oxygens (including phenoxy) is 2. The molecule has 0 aliphatic heterocycles. The number of anilines is 1. The fourth-order valence-corrected chi connectivity index (χ4v) is 3.16. The van der Waals surface area contributed by atoms with Crippen molar-refractivity contribution in [3.63, 3.8) is 0 Å². The first-order valence-corrected chi connectivity index (χ1v) is 9.10. The lowest BCUT2D eigenvalue weighted by atomic mass is 10.2. The highest BCUT2D eigenvalue weighted by atomic mass is 35.5. The number of nitrogens with one attached hydrogen (secondary N) is 1. The van der Waals surface area contributed by atoms with E-state index in [0.717, 1.165) is 9.56 Å². The lowest BCUT2D eigenvalue weighted by Crippen LogP contribution is -2.21. The summed E-state index contributed by atoms with van der Waals surface area (Å²) in [4.78, 5) is 24.8. The topological polar surface area (TPSA) is 95.6 Å². The number of nitrogens with zero attached hydrogens (tertiary/aromatic N) is 2. The highest BCUT2D eigenvalue weighted by Gasteiger charge is 2.15. The quantitative estimate of drug-likeness (QED) is 0.643. The molecule has 0 atom stereocenters. The first-order chi connectivity index (χ1) is 13.0. The molecule has 0 aliphatic carbocycles. The van der Waals surface area contributed by atoms with E-state index >= 15 is 0 Å². The van der Waals surface area contributed by atoms with Crippen molar-refractivity contribution in [3.05, 3.63) is 45.2 Å². The summed E-state index contributed by atoms with van der Waals surface area (Å²) in [5.74, 6) is 0.173. The van der Waals surface area contributed by atoms with Crippen LogP contribution in [0.5, 0.6) is 11.5 Å². The van der Waals surface area contributed by atoms with Crippen LogP contribution in [-0.4, -0.2) is 29.9 Å². The van der Waals surface area contributed by atoms with Gasteiger partial charge in [-0.15, -0.1) is 16.4 Å². The molecule has 0 aliphatic rings. The molecule has 2 heterocycles. The van der Waals surface area contributed by atoms with E-state index < -0.39 is 5.76 Å². The average Bonchev–Trinajstić information content (AvgIpc) is 3.31. The molecule has 1 amide bonds. The summed E-state index contributed by atoms with van der Waals surface area (Å²) >= 11 is 7.56. The van der Waals surface area contributed by atoms with E-state index in [1.807, 2.05) is 11.4 Å². The molecule has 27 heavy (non-hydrogen) atoms. The highest BCUT2D eigenvalue weighted by molar-refractivity contribution is 7.13. The van der Waals surface area contributed by atoms with E-state index in [2.05, 4.69) is 10.4 Å². The van der Waals surface area contributed by atoms with Gasteiger partial charge in [0.1, 0.15) is 0 Å². The van der Waals surface area contributed by atoms with Crippen molar-refractivity contribution in [3.8, 4) is 22.3 Å². The minimum Gasteiger partial charge on any atom is -0.493 e. The minimum atomic E-state index is -0.615. The number of aryl methyl sites for hydroxylation is 1. The molecule has 2 aromatic heterocycles. The lowest BCUT2D eigenvalue weighted by molar-refractivity contribution is -0.116. The summed E-state index contributed by atoms with van der Waals surface area (Å²) in [5.41, 5.74) is 0.381. The highest BCUT2D eigenvalue weighted by Crippen LogP contribution is 2.36. The zero-order valence-electron chi connectivity index (χ0n) is 14.5. The summed E-state index contributed by atoms with van der Waals surface area (Å²) in [6, 6.07) is 6.74. The Morgan fingerprint density at radius 2 is 2.07 bits per heavy atom. The monoisotopic (exact) mass is 409 g/mol. The third-order valence-electron chi connectivity index (χ3n) is 3.64. The van der Waals surface area contributed by atoms with Crippen molar-refractivity contribution in [2.24, 2.45) is 0 Å². The van der Waals surface area contributed by atoms with E-state index in [0.29, 0.717) is 22.2 Å². The number of carbonyl (C=O) groups excluding carboxylic acids is 1. The number of rotatable bonds is 7. The Hall–Kier alpha value is -2.78. The molecule has 0 unspecified atom stereocenters. The number of aromatic nitrogens is 2. The number of methoxy groups -OCH3 is 2. The van der Waals surface area contributed by atoms with Crippen LogP contribution in [0.4, 0.5) is 5.69 Å². The molecule has 0 saturated heterocycles. The van der Waals surface area contributed by atoms with E-state index in [1.54, 1.807) is 18.2 Å². The van der Waals surface area contributed by atoms with Crippen molar-refractivity contribution in [2.75, 3.05) is 19.5 Å². The molecule has 1 aromatic carbocycles. The van der Waals surface area contributed by atoms with Gasteiger partial charge < -0.3 is 19.2 Å². The molecule has 0 spiro atoms. The number of thiophene rings is 1. The Labute approximate surface area is 163 Å². The normalized spacial score (nSPS) is 10.6. The lowest BCUT2D eigenvalue weighted by Gasteiger charge is -2.12. The Kier molecular flexibility index (Phi) is 5.82. The number of amides is 1. The van der Waals surface area contributed by atoms with Crippen molar-refractivity contribution in [2.45, 2.75) is 13.0 Å². The molecule has 142 valence electrons. The van der Waals surface area contributed by atoms with Gasteiger partial charge in [0.05, 0.1) is 36.4 Å². The molecule has 0 bridgehead atoms. The summed E-state index contributed by atoms with van der Waals surface area (Å²) in [5, 5.41) is 8.95. The zero-order chi connectivity index (χ0) is 19.4. The van der Waals surface area contributed by atoms with E-state index in [-0.39, 0.29) is 24.8 Å². The van der Waals surface area contributed by atoms with E-state index in [9.17, 15) is 9.59 Å². The molecule has 1 N–H and O–H groups in total. The summed E-state index contributed by atoms with van der Waals surface area (Å²) < 4.78 is 16.6. The minimum absolute atomic E-state index is 0.0149. The van der Waals surface area contributed by atoms with Gasteiger partial charge in [0, 0.05) is 18.6 Å². The third kappa shape index (κ3) is 4.32. The first kappa shape index (κ1) is 19.0. The number of benzene rings is 1. The molecule has 3 rings (SSSR count). The van der Waals surface area contributed by atoms with Crippen LogP contribution in [0.3, 0.4) is 0 Å². The summed E-state index contributed by atoms with van der Waals surface area (Å²) in [7, 11) is 2.98. The summed E-state index contributed by atoms with van der Waals surface area (Å²) in [6.45, 7) is 0.0739. The van der Waals surface area contributed by atoms with Gasteiger partial charge in [-0.05, 0) is 11.4 Å². The average molecular weight is 410 g/mol. The Balaban J connectivity index is 1.66. The van der Waals surface area contributed by atoms with Gasteiger partial charge in [-0.2, -0.15) is 4.68 Å². The standard InChI is InChI=1S/C17H16ClN3O5S/c1-24-12-8-10(18)11(9-13(12)25-2)19-15(22)5-6-21-17(23)26-16(20-21)14-4-3-7-27-14/h3-4,7-9H,5-6H2,1-2H3,(H,19,22). The maximum Gasteiger partial charge on any atom is 0.437 e. The van der Waals surface area contributed by atoms with Gasteiger partial charge in [-0.25, -0.2) is 4.79 Å². The van der Waals surface area contributed by atoms with Gasteiger partial charge in [0.25, 0.3) is 5.89 Å². The zero-order valence-corrected chi connectivity index (χ0v) is 16.1. The van der Waals surface area contributed by atoms with Crippen LogP contribution < -0.4 is 20.5 Å². The predicted octanol–water partition coefficient (Wildman–Crippen LogP) is 3.26. The predicted molar refractivity (Wildman–Crippen MR) is 102 cm³/mol. The molecule has 0 radical (unpaired) electrons. The van der Waals surface area contributed by atoms with Gasteiger partial charge in [0.2, 0.25) is 5.91 Å². The second kappa shape index (κ2) is 8.28. The van der Waals surface area contributed by atoms with Crippen molar-refractivity contribution >= 4 is 34.5 Å². The molecule has 3 aromatic rings. The number of hydrogen-bond acceptors (Lipinski definition) is 7. The van der Waals surface area contributed by atoms with Crippen LogP contribution in [-0.2, 0) is 11.3 Å². The number of hydrogen-bond donors (Lipinski definition) is 1.